The molecular weight excluding hydrogens is 196 g/mol. The molecule has 0 amide bonds. The number of hydrogen-bond acceptors (Lipinski definition) is 2. The molecule has 0 aliphatic heterocycles. The fraction of sp³-hybridized carbons (Fsp3) is 0.455. The molecule has 1 fully saturated rings. The van der Waals surface area contributed by atoms with Gasteiger partial charge in [0.1, 0.15) is 0 Å². The summed E-state index contributed by atoms with van der Waals surface area (Å²) in [6.07, 6.45) is 2.56. The topological polar surface area (TPSA) is 38.0 Å². The van der Waals surface area contributed by atoms with Crippen LogP contribution in [0.2, 0.25) is 5.02 Å². The van der Waals surface area contributed by atoms with Gasteiger partial charge in [0.25, 0.3) is 0 Å². The standard InChI is InChI=1S/C11H15ClN2/c12-9-3-1-8(2-4-9)11(7-13)14-10-5-6-10/h1-4,10-11,14H,5-7,13H2. The molecule has 0 saturated heterocycles. The van der Waals surface area contributed by atoms with E-state index in [9.17, 15) is 0 Å². The first kappa shape index (κ1) is 9.97. The van der Waals surface area contributed by atoms with Crippen LogP contribution in [0.1, 0.15) is 24.4 Å². The van der Waals surface area contributed by atoms with Crippen LogP contribution in [0, 0.1) is 0 Å². The summed E-state index contributed by atoms with van der Waals surface area (Å²) >= 11 is 5.83. The molecule has 1 unspecified atom stereocenters. The highest BCUT2D eigenvalue weighted by Gasteiger charge is 2.24. The second-order valence-electron chi connectivity index (χ2n) is 3.78. The summed E-state index contributed by atoms with van der Waals surface area (Å²) < 4.78 is 0. The van der Waals surface area contributed by atoms with Crippen LogP contribution in [-0.4, -0.2) is 12.6 Å². The molecular formula is C11H15ClN2. The normalized spacial score (nSPS) is 18.1. The first-order chi connectivity index (χ1) is 6.79. The van der Waals surface area contributed by atoms with Crippen LogP contribution in [0.5, 0.6) is 0 Å². The second kappa shape index (κ2) is 4.30. The van der Waals surface area contributed by atoms with Gasteiger partial charge >= 0.3 is 0 Å². The zero-order chi connectivity index (χ0) is 9.97. The van der Waals surface area contributed by atoms with E-state index in [1.165, 1.54) is 18.4 Å². The molecule has 0 spiro atoms. The van der Waals surface area contributed by atoms with Crippen molar-refractivity contribution in [3.8, 4) is 0 Å². The Morgan fingerprint density at radius 1 is 1.36 bits per heavy atom. The Labute approximate surface area is 89.4 Å². The van der Waals surface area contributed by atoms with Crippen molar-refractivity contribution < 1.29 is 0 Å². The fourth-order valence-electron chi connectivity index (χ4n) is 1.53. The Hall–Kier alpha value is -0.570. The predicted molar refractivity (Wildman–Crippen MR) is 59.4 cm³/mol. The molecule has 1 aliphatic carbocycles. The molecule has 1 atom stereocenters. The van der Waals surface area contributed by atoms with Crippen LogP contribution in [-0.2, 0) is 0 Å². The molecule has 0 bridgehead atoms. The van der Waals surface area contributed by atoms with Crippen molar-refractivity contribution in [3.63, 3.8) is 0 Å². The van der Waals surface area contributed by atoms with Crippen molar-refractivity contribution in [3.05, 3.63) is 34.9 Å². The monoisotopic (exact) mass is 210 g/mol. The smallest absolute Gasteiger partial charge is 0.0446 e. The maximum absolute atomic E-state index is 5.83. The van der Waals surface area contributed by atoms with E-state index in [2.05, 4.69) is 5.32 Å². The van der Waals surface area contributed by atoms with Crippen molar-refractivity contribution in [1.82, 2.24) is 5.32 Å². The zero-order valence-corrected chi connectivity index (χ0v) is 8.80. The summed E-state index contributed by atoms with van der Waals surface area (Å²) in [5.41, 5.74) is 6.95. The SMILES string of the molecule is NCC(NC1CC1)c1ccc(Cl)cc1. The van der Waals surface area contributed by atoms with Crippen LogP contribution in [0.4, 0.5) is 0 Å². The van der Waals surface area contributed by atoms with E-state index in [-0.39, 0.29) is 6.04 Å². The lowest BCUT2D eigenvalue weighted by molar-refractivity contribution is 0.539. The summed E-state index contributed by atoms with van der Waals surface area (Å²) in [6, 6.07) is 8.85. The van der Waals surface area contributed by atoms with Crippen LogP contribution >= 0.6 is 11.6 Å². The van der Waals surface area contributed by atoms with E-state index in [1.54, 1.807) is 0 Å². The molecule has 14 heavy (non-hydrogen) atoms. The van der Waals surface area contributed by atoms with Gasteiger partial charge in [-0.2, -0.15) is 0 Å². The number of halogens is 1. The fourth-order valence-corrected chi connectivity index (χ4v) is 1.66. The average Bonchev–Trinajstić information content (AvgIpc) is 3.00. The lowest BCUT2D eigenvalue weighted by atomic mass is 10.1. The van der Waals surface area contributed by atoms with Gasteiger partial charge in [-0.05, 0) is 30.5 Å². The minimum Gasteiger partial charge on any atom is -0.329 e. The highest BCUT2D eigenvalue weighted by atomic mass is 35.5. The summed E-state index contributed by atoms with van der Waals surface area (Å²) in [4.78, 5) is 0. The van der Waals surface area contributed by atoms with Gasteiger partial charge in [0.15, 0.2) is 0 Å². The van der Waals surface area contributed by atoms with Crippen molar-refractivity contribution in [1.29, 1.82) is 0 Å². The molecule has 0 heterocycles. The van der Waals surface area contributed by atoms with Crippen molar-refractivity contribution in [2.24, 2.45) is 5.73 Å². The van der Waals surface area contributed by atoms with Gasteiger partial charge in [0.05, 0.1) is 0 Å². The highest BCUT2D eigenvalue weighted by molar-refractivity contribution is 6.30. The quantitative estimate of drug-likeness (QED) is 0.799. The summed E-state index contributed by atoms with van der Waals surface area (Å²) in [6.45, 7) is 0.637. The van der Waals surface area contributed by atoms with Crippen LogP contribution in [0.25, 0.3) is 0 Å². The number of benzene rings is 1. The van der Waals surface area contributed by atoms with E-state index in [4.69, 9.17) is 17.3 Å². The lowest BCUT2D eigenvalue weighted by Crippen LogP contribution is -2.29. The average molecular weight is 211 g/mol. The minimum absolute atomic E-state index is 0.278. The second-order valence-corrected chi connectivity index (χ2v) is 4.22. The Morgan fingerprint density at radius 3 is 2.50 bits per heavy atom. The summed E-state index contributed by atoms with van der Waals surface area (Å²) in [5, 5.41) is 4.28. The molecule has 1 aromatic rings. The first-order valence-electron chi connectivity index (χ1n) is 5.01. The third-order valence-electron chi connectivity index (χ3n) is 2.52. The van der Waals surface area contributed by atoms with Gasteiger partial charge in [0, 0.05) is 23.7 Å². The Kier molecular flexibility index (Phi) is 3.06. The van der Waals surface area contributed by atoms with E-state index in [0.717, 1.165) is 5.02 Å². The van der Waals surface area contributed by atoms with Crippen molar-refractivity contribution in [2.45, 2.75) is 24.9 Å². The third-order valence-corrected chi connectivity index (χ3v) is 2.77. The van der Waals surface area contributed by atoms with Crippen LogP contribution < -0.4 is 11.1 Å². The Morgan fingerprint density at radius 2 is 2.00 bits per heavy atom. The van der Waals surface area contributed by atoms with Gasteiger partial charge in [-0.15, -0.1) is 0 Å². The zero-order valence-electron chi connectivity index (χ0n) is 8.04. The molecule has 2 nitrogen and oxygen atoms in total. The van der Waals surface area contributed by atoms with E-state index in [1.807, 2.05) is 24.3 Å². The number of nitrogens with one attached hydrogen (secondary N) is 1. The molecule has 0 radical (unpaired) electrons. The first-order valence-corrected chi connectivity index (χ1v) is 5.39. The minimum atomic E-state index is 0.278. The number of rotatable bonds is 4. The largest absolute Gasteiger partial charge is 0.329 e. The predicted octanol–water partition coefficient (Wildman–Crippen LogP) is 2.09. The molecule has 0 aromatic heterocycles. The van der Waals surface area contributed by atoms with Gasteiger partial charge in [-0.3, -0.25) is 0 Å². The van der Waals surface area contributed by atoms with Gasteiger partial charge in [0.2, 0.25) is 0 Å². The molecule has 2 rings (SSSR count). The van der Waals surface area contributed by atoms with Crippen LogP contribution in [0.15, 0.2) is 24.3 Å². The van der Waals surface area contributed by atoms with Gasteiger partial charge in [-0.1, -0.05) is 23.7 Å². The number of nitrogens with two attached hydrogens (primary N) is 1. The van der Waals surface area contributed by atoms with Crippen molar-refractivity contribution in [2.75, 3.05) is 6.54 Å². The Balaban J connectivity index is 2.05. The lowest BCUT2D eigenvalue weighted by Gasteiger charge is -2.16. The maximum Gasteiger partial charge on any atom is 0.0446 e. The van der Waals surface area contributed by atoms with E-state index < -0.39 is 0 Å². The maximum atomic E-state index is 5.83. The highest BCUT2D eigenvalue weighted by Crippen LogP contribution is 2.24. The summed E-state index contributed by atoms with van der Waals surface area (Å²) in [5.74, 6) is 0. The summed E-state index contributed by atoms with van der Waals surface area (Å²) in [7, 11) is 0. The third kappa shape index (κ3) is 2.47. The molecule has 1 saturated carbocycles. The molecule has 3 heteroatoms. The van der Waals surface area contributed by atoms with E-state index >= 15 is 0 Å². The van der Waals surface area contributed by atoms with Crippen LogP contribution in [0.3, 0.4) is 0 Å². The molecule has 3 N–H and O–H groups in total. The molecule has 1 aromatic carbocycles. The van der Waals surface area contributed by atoms with E-state index in [0.29, 0.717) is 12.6 Å². The Bertz CT molecular complexity index is 293. The van der Waals surface area contributed by atoms with Gasteiger partial charge in [-0.25, -0.2) is 0 Å². The molecule has 1 aliphatic rings. The number of hydrogen-bond donors (Lipinski definition) is 2. The molecule has 76 valence electrons. The van der Waals surface area contributed by atoms with Crippen molar-refractivity contribution >= 4 is 11.6 Å². The van der Waals surface area contributed by atoms with Gasteiger partial charge < -0.3 is 11.1 Å².